The van der Waals surface area contributed by atoms with Crippen molar-refractivity contribution in [2.75, 3.05) is 0 Å². The quantitative estimate of drug-likeness (QED) is 0.0983. The third-order valence-corrected chi connectivity index (χ3v) is 6.18. The van der Waals surface area contributed by atoms with Crippen molar-refractivity contribution in [3.05, 3.63) is 83.9 Å². The molecule has 3 nitrogen and oxygen atoms in total. The fourth-order valence-corrected chi connectivity index (χ4v) is 4.03. The molecule has 2 aromatic carbocycles. The standard InChI is InChI=1S/C21H18N.C11H20O2.Ir/c1-14-11-15(2)13-17(12-14)21-20-8-7-16-5-3-4-6-18(16)19(20)9-10-22-21;1-10(2,3)8(12)7-9(13)11(4,5)6;/h3-11,14H,12H2,1-2H3;7,12H,1-6H3;/q-1;;/p+1/b;8-7-;. The summed E-state index contributed by atoms with van der Waals surface area (Å²) in [4.78, 5) is 14.3. The number of nitrogens with zero attached hydrogens (tertiary/aromatic N) is 1. The van der Waals surface area contributed by atoms with Gasteiger partial charge in [-0.3, -0.25) is 4.79 Å². The smallest absolute Gasteiger partial charge is 0.325 e. The molecule has 2 N–H and O–H groups in total. The van der Waals surface area contributed by atoms with Gasteiger partial charge in [0, 0.05) is 31.7 Å². The van der Waals surface area contributed by atoms with Crippen LogP contribution in [0.2, 0.25) is 0 Å². The number of benzene rings is 2. The third-order valence-electron chi connectivity index (χ3n) is 6.18. The molecule has 0 amide bonds. The summed E-state index contributed by atoms with van der Waals surface area (Å²) in [5, 5.41) is 14.7. The number of rotatable bonds is 2. The van der Waals surface area contributed by atoms with E-state index in [1.807, 2.05) is 47.7 Å². The van der Waals surface area contributed by atoms with Crippen LogP contribution in [0.3, 0.4) is 0 Å². The Morgan fingerprint density at radius 1 is 0.972 bits per heavy atom. The zero-order chi connectivity index (χ0) is 26.0. The topological polar surface area (TPSA) is 54.5 Å². The minimum absolute atomic E-state index is 0. The molecule has 0 aliphatic heterocycles. The molecule has 1 atom stereocenters. The molecule has 1 heterocycles. The van der Waals surface area contributed by atoms with Gasteiger partial charge < -0.3 is 10.1 Å². The monoisotopic (exact) mass is 662 g/mol. The second kappa shape index (κ2) is 11.7. The van der Waals surface area contributed by atoms with Crippen molar-refractivity contribution in [2.45, 2.75) is 61.8 Å². The summed E-state index contributed by atoms with van der Waals surface area (Å²) >= 11 is 0. The Kier molecular flexibility index (Phi) is 9.62. The molecule has 1 aromatic heterocycles. The van der Waals surface area contributed by atoms with Crippen molar-refractivity contribution < 1.29 is 30.0 Å². The third kappa shape index (κ3) is 7.24. The number of aliphatic hydroxyl groups excluding tert-OH is 1. The summed E-state index contributed by atoms with van der Waals surface area (Å²) < 4.78 is 0. The van der Waals surface area contributed by atoms with Gasteiger partial charge in [0.05, 0.1) is 11.5 Å². The summed E-state index contributed by atoms with van der Waals surface area (Å²) in [7, 11) is 0. The van der Waals surface area contributed by atoms with Crippen LogP contribution in [0.1, 0.15) is 67.5 Å². The first kappa shape index (κ1) is 29.7. The summed E-state index contributed by atoms with van der Waals surface area (Å²) in [6.07, 6.45) is 10.2. The molecule has 0 spiro atoms. The van der Waals surface area contributed by atoms with Gasteiger partial charge in [-0.1, -0.05) is 83.4 Å². The number of aromatic nitrogens is 1. The fraction of sp³-hybridized carbons (Fsp3) is 0.375. The number of aliphatic hydroxyl groups is 1. The van der Waals surface area contributed by atoms with E-state index in [0.29, 0.717) is 5.92 Å². The molecular weight excluding hydrogens is 623 g/mol. The van der Waals surface area contributed by atoms with Crippen molar-refractivity contribution in [1.82, 2.24) is 4.98 Å². The van der Waals surface area contributed by atoms with Crippen LogP contribution in [0, 0.1) is 22.8 Å². The largest absolute Gasteiger partial charge is 0.511 e. The van der Waals surface area contributed by atoms with E-state index in [1.165, 1.54) is 38.8 Å². The number of pyridine rings is 1. The Morgan fingerprint density at radius 3 is 2.25 bits per heavy atom. The van der Waals surface area contributed by atoms with Crippen LogP contribution in [-0.2, 0) is 20.1 Å². The summed E-state index contributed by atoms with van der Waals surface area (Å²) in [5.41, 5.74) is 2.92. The van der Waals surface area contributed by atoms with Gasteiger partial charge in [0.25, 0.3) is 0 Å². The van der Waals surface area contributed by atoms with Crippen LogP contribution in [0.25, 0.3) is 27.1 Å². The van der Waals surface area contributed by atoms with E-state index in [4.69, 9.17) is 0 Å². The average Bonchev–Trinajstić information content (AvgIpc) is 2.77. The second-order valence-corrected chi connectivity index (χ2v) is 11.6. The maximum Gasteiger partial charge on any atom is 0.325 e. The average molecular weight is 662 g/mol. The molecule has 36 heavy (non-hydrogen) atoms. The van der Waals surface area contributed by atoms with Crippen LogP contribution in [0.4, 0.5) is 0 Å². The Hall–Kier alpha value is -2.55. The van der Waals surface area contributed by atoms with E-state index in [9.17, 15) is 9.90 Å². The minimum atomic E-state index is -0.306. The van der Waals surface area contributed by atoms with E-state index < -0.39 is 0 Å². The first-order valence-electron chi connectivity index (χ1n) is 12.3. The zero-order valence-electron chi connectivity index (χ0n) is 22.7. The van der Waals surface area contributed by atoms with Crippen molar-refractivity contribution in [2.24, 2.45) is 16.7 Å². The van der Waals surface area contributed by atoms with Gasteiger partial charge in [-0.2, -0.15) is 17.7 Å². The van der Waals surface area contributed by atoms with Crippen molar-refractivity contribution in [3.63, 3.8) is 0 Å². The molecule has 0 saturated heterocycles. The molecule has 0 fully saturated rings. The molecule has 193 valence electrons. The molecule has 1 radical (unpaired) electrons. The van der Waals surface area contributed by atoms with Crippen molar-refractivity contribution >= 4 is 32.9 Å². The van der Waals surface area contributed by atoms with Crippen LogP contribution in [0.15, 0.2) is 72.1 Å². The molecule has 0 bridgehead atoms. The number of ketones is 1. The first-order chi connectivity index (χ1) is 16.3. The summed E-state index contributed by atoms with van der Waals surface area (Å²) in [6, 6.07) is 15.1. The van der Waals surface area contributed by atoms with Gasteiger partial charge in [0.1, 0.15) is 5.76 Å². The minimum Gasteiger partial charge on any atom is -0.511 e. The second-order valence-electron chi connectivity index (χ2n) is 11.6. The Morgan fingerprint density at radius 2 is 1.64 bits per heavy atom. The van der Waals surface area contributed by atoms with Crippen LogP contribution < -0.4 is 0 Å². The molecule has 0 saturated carbocycles. The van der Waals surface area contributed by atoms with Gasteiger partial charge in [-0.05, 0) is 54.1 Å². The Bertz CT molecular complexity index is 1330. The Labute approximate surface area is 229 Å². The number of hydrogen-bond donors (Lipinski definition) is 1. The normalized spacial score (nSPS) is 16.4. The predicted molar refractivity (Wildman–Crippen MR) is 150 cm³/mol. The predicted octanol–water partition coefficient (Wildman–Crippen LogP) is 8.62. The zero-order valence-corrected chi connectivity index (χ0v) is 25.1. The van der Waals surface area contributed by atoms with Gasteiger partial charge in [-0.25, -0.2) is 0 Å². The van der Waals surface area contributed by atoms with Crippen LogP contribution >= 0.6 is 0 Å². The number of allylic oxidation sites excluding steroid dienone is 6. The van der Waals surface area contributed by atoms with Crippen LogP contribution in [0.5, 0.6) is 0 Å². The van der Waals surface area contributed by atoms with E-state index in [-0.39, 0.29) is 42.5 Å². The van der Waals surface area contributed by atoms with Crippen LogP contribution in [-0.4, -0.2) is 20.7 Å². The first-order valence-corrected chi connectivity index (χ1v) is 12.3. The molecular formula is C32H39IrNO2. The van der Waals surface area contributed by atoms with E-state index in [1.54, 1.807) is 0 Å². The number of fused-ring (bicyclic) bond motifs is 3. The van der Waals surface area contributed by atoms with Gasteiger partial charge in [0.15, 0.2) is 0 Å². The SMILES string of the molecule is CC(C)(C)C(=[OH+])/C=C(\O)C(C)(C)C.CC1=CC(C)CC(c2nccc3c2ccc2ccccc23)=[C-]1.[Ir]. The summed E-state index contributed by atoms with van der Waals surface area (Å²) in [5.74, 6) is 0.966. The number of carbonyl (C=O) groups excluding carboxylic acids is 1. The fourth-order valence-electron chi connectivity index (χ4n) is 4.03. The van der Waals surface area contributed by atoms with Gasteiger partial charge in [-0.15, -0.1) is 5.57 Å². The van der Waals surface area contributed by atoms with E-state index >= 15 is 0 Å². The molecule has 3 aromatic rings. The Balaban J connectivity index is 0.000000285. The van der Waals surface area contributed by atoms with Crippen molar-refractivity contribution in [3.8, 4) is 0 Å². The number of hydrogen-bond acceptors (Lipinski definition) is 2. The molecule has 4 heteroatoms. The van der Waals surface area contributed by atoms with Gasteiger partial charge in [0.2, 0.25) is 0 Å². The maximum atomic E-state index is 9.60. The van der Waals surface area contributed by atoms with E-state index in [2.05, 4.69) is 73.4 Å². The molecule has 1 aliphatic carbocycles. The maximum absolute atomic E-state index is 9.60. The molecule has 1 unspecified atom stereocenters. The molecule has 1 aliphatic rings. The molecule has 4 rings (SSSR count). The summed E-state index contributed by atoms with van der Waals surface area (Å²) in [6.45, 7) is 15.8. The van der Waals surface area contributed by atoms with Crippen molar-refractivity contribution in [1.29, 1.82) is 0 Å². The van der Waals surface area contributed by atoms with E-state index in [0.717, 1.165) is 12.1 Å². The van der Waals surface area contributed by atoms with Gasteiger partial charge >= 0.3 is 5.78 Å².